The predicted octanol–water partition coefficient (Wildman–Crippen LogP) is 4.36. The third-order valence-corrected chi connectivity index (χ3v) is 5.81. The molecule has 0 saturated heterocycles. The van der Waals surface area contributed by atoms with Crippen molar-refractivity contribution in [2.24, 2.45) is 0 Å². The van der Waals surface area contributed by atoms with Crippen molar-refractivity contribution in [2.45, 2.75) is 43.6 Å². The molecule has 1 heterocycles. The molecule has 0 bridgehead atoms. The zero-order chi connectivity index (χ0) is 21.0. The Balaban J connectivity index is 1.88. The van der Waals surface area contributed by atoms with Gasteiger partial charge < -0.3 is 5.32 Å². The van der Waals surface area contributed by atoms with Crippen LogP contribution in [0, 0.1) is 11.3 Å². The Morgan fingerprint density at radius 1 is 1.21 bits per heavy atom. The molecule has 0 radical (unpaired) electrons. The van der Waals surface area contributed by atoms with Crippen LogP contribution in [0.15, 0.2) is 58.5 Å². The molecule has 7 heteroatoms. The molecule has 0 unspecified atom stereocenters. The van der Waals surface area contributed by atoms with E-state index >= 15 is 0 Å². The second-order valence-electron chi connectivity index (χ2n) is 6.78. The van der Waals surface area contributed by atoms with E-state index in [0.717, 1.165) is 6.42 Å². The Hall–Kier alpha value is -3.11. The van der Waals surface area contributed by atoms with Crippen molar-refractivity contribution in [3.05, 3.63) is 64.4 Å². The number of fused-ring (bicyclic) bond motifs is 1. The van der Waals surface area contributed by atoms with E-state index in [1.54, 1.807) is 41.8 Å². The number of carbonyl (C=O) groups excluding carboxylic acids is 1. The summed E-state index contributed by atoms with van der Waals surface area (Å²) in [5.74, 6) is -0.196. The van der Waals surface area contributed by atoms with Crippen LogP contribution in [-0.2, 0) is 4.79 Å². The number of carbonyl (C=O) groups is 1. The van der Waals surface area contributed by atoms with Crippen LogP contribution in [0.25, 0.3) is 10.9 Å². The van der Waals surface area contributed by atoms with Crippen LogP contribution in [0.4, 0.5) is 5.69 Å². The highest BCUT2D eigenvalue weighted by Gasteiger charge is 2.21. The summed E-state index contributed by atoms with van der Waals surface area (Å²) in [6.45, 7) is 5.77. The molecule has 148 valence electrons. The van der Waals surface area contributed by atoms with Crippen LogP contribution in [-0.4, -0.2) is 20.7 Å². The number of anilines is 1. The second kappa shape index (κ2) is 8.93. The summed E-state index contributed by atoms with van der Waals surface area (Å²) in [6.07, 6.45) is 0.777. The molecule has 2 aromatic carbocycles. The van der Waals surface area contributed by atoms with Gasteiger partial charge in [0.15, 0.2) is 5.16 Å². The normalized spacial score (nSPS) is 12.9. The fraction of sp³-hybridized carbons (Fsp3) is 0.273. The van der Waals surface area contributed by atoms with Gasteiger partial charge in [0.25, 0.3) is 5.56 Å². The summed E-state index contributed by atoms with van der Waals surface area (Å²) in [6, 6.07) is 16.0. The van der Waals surface area contributed by atoms with E-state index in [9.17, 15) is 9.59 Å². The van der Waals surface area contributed by atoms with Crippen LogP contribution < -0.4 is 10.9 Å². The maximum atomic E-state index is 13.0. The number of aromatic nitrogens is 2. The minimum Gasteiger partial charge on any atom is -0.325 e. The quantitative estimate of drug-likeness (QED) is 0.485. The number of nitriles is 1. The lowest BCUT2D eigenvalue weighted by atomic mass is 10.2. The minimum absolute atomic E-state index is 0.0316. The highest BCUT2D eigenvalue weighted by Crippen LogP contribution is 2.26. The van der Waals surface area contributed by atoms with Gasteiger partial charge >= 0.3 is 0 Å². The Labute approximate surface area is 173 Å². The molecular formula is C22H22N4O2S. The largest absolute Gasteiger partial charge is 0.325 e. The van der Waals surface area contributed by atoms with Crippen molar-refractivity contribution in [3.63, 3.8) is 0 Å². The highest BCUT2D eigenvalue weighted by atomic mass is 32.2. The SMILES string of the molecule is CC[C@H](C)n1c(S[C@@H](C)C(=O)Nc2ccc(C#N)cc2)nc2ccccc2c1=O. The van der Waals surface area contributed by atoms with Crippen molar-refractivity contribution >= 4 is 34.3 Å². The molecule has 0 aliphatic carbocycles. The highest BCUT2D eigenvalue weighted by molar-refractivity contribution is 8.00. The fourth-order valence-corrected chi connectivity index (χ4v) is 3.87. The van der Waals surface area contributed by atoms with Crippen molar-refractivity contribution in [1.29, 1.82) is 5.26 Å². The van der Waals surface area contributed by atoms with Gasteiger partial charge in [-0.25, -0.2) is 4.98 Å². The van der Waals surface area contributed by atoms with Gasteiger partial charge in [-0.05, 0) is 56.7 Å². The number of nitrogens with zero attached hydrogens (tertiary/aromatic N) is 3. The number of hydrogen-bond donors (Lipinski definition) is 1. The molecule has 3 aromatic rings. The van der Waals surface area contributed by atoms with Crippen molar-refractivity contribution in [2.75, 3.05) is 5.32 Å². The fourth-order valence-electron chi connectivity index (χ4n) is 2.86. The maximum absolute atomic E-state index is 13.0. The van der Waals surface area contributed by atoms with Gasteiger partial charge in [0.05, 0.1) is 27.8 Å². The lowest BCUT2D eigenvalue weighted by molar-refractivity contribution is -0.115. The van der Waals surface area contributed by atoms with E-state index in [1.165, 1.54) is 11.8 Å². The van der Waals surface area contributed by atoms with Crippen molar-refractivity contribution in [3.8, 4) is 6.07 Å². The summed E-state index contributed by atoms with van der Waals surface area (Å²) in [5.41, 5.74) is 1.68. The number of benzene rings is 2. The molecule has 1 N–H and O–H groups in total. The molecule has 6 nitrogen and oxygen atoms in total. The van der Waals surface area contributed by atoms with Crippen LogP contribution >= 0.6 is 11.8 Å². The summed E-state index contributed by atoms with van der Waals surface area (Å²) < 4.78 is 1.68. The molecule has 0 spiro atoms. The number of amides is 1. The molecule has 0 saturated carbocycles. The predicted molar refractivity (Wildman–Crippen MR) is 116 cm³/mol. The third-order valence-electron chi connectivity index (χ3n) is 4.74. The van der Waals surface area contributed by atoms with Gasteiger partial charge in [-0.1, -0.05) is 30.8 Å². The van der Waals surface area contributed by atoms with Crippen LogP contribution in [0.3, 0.4) is 0 Å². The monoisotopic (exact) mass is 406 g/mol. The van der Waals surface area contributed by atoms with Gasteiger partial charge in [0.1, 0.15) is 0 Å². The summed E-state index contributed by atoms with van der Waals surface area (Å²) in [5, 5.41) is 12.4. The Morgan fingerprint density at radius 2 is 1.90 bits per heavy atom. The zero-order valence-electron chi connectivity index (χ0n) is 16.5. The molecule has 3 rings (SSSR count). The van der Waals surface area contributed by atoms with E-state index < -0.39 is 5.25 Å². The second-order valence-corrected chi connectivity index (χ2v) is 8.09. The number of para-hydroxylation sites is 1. The molecule has 1 amide bonds. The summed E-state index contributed by atoms with van der Waals surface area (Å²) >= 11 is 1.27. The van der Waals surface area contributed by atoms with E-state index in [0.29, 0.717) is 27.3 Å². The Kier molecular flexibility index (Phi) is 6.35. The first-order chi connectivity index (χ1) is 13.9. The first-order valence-electron chi connectivity index (χ1n) is 9.43. The van der Waals surface area contributed by atoms with E-state index in [-0.39, 0.29) is 17.5 Å². The molecular weight excluding hydrogens is 384 g/mol. The molecule has 0 fully saturated rings. The first kappa shape index (κ1) is 20.6. The molecule has 29 heavy (non-hydrogen) atoms. The van der Waals surface area contributed by atoms with Crippen LogP contribution in [0.1, 0.15) is 38.8 Å². The number of hydrogen-bond acceptors (Lipinski definition) is 5. The molecule has 2 atom stereocenters. The summed E-state index contributed by atoms with van der Waals surface area (Å²) in [4.78, 5) is 30.4. The third kappa shape index (κ3) is 4.49. The summed E-state index contributed by atoms with van der Waals surface area (Å²) in [7, 11) is 0. The lowest BCUT2D eigenvalue weighted by Crippen LogP contribution is -2.28. The maximum Gasteiger partial charge on any atom is 0.262 e. The topological polar surface area (TPSA) is 87.8 Å². The molecule has 0 aliphatic heterocycles. The van der Waals surface area contributed by atoms with Crippen molar-refractivity contribution < 1.29 is 4.79 Å². The van der Waals surface area contributed by atoms with E-state index in [1.807, 2.05) is 38.1 Å². The van der Waals surface area contributed by atoms with E-state index in [2.05, 4.69) is 10.3 Å². The Morgan fingerprint density at radius 3 is 2.55 bits per heavy atom. The smallest absolute Gasteiger partial charge is 0.262 e. The Bertz CT molecular complexity index is 1130. The van der Waals surface area contributed by atoms with Gasteiger partial charge in [0.2, 0.25) is 5.91 Å². The van der Waals surface area contributed by atoms with Crippen LogP contribution in [0.5, 0.6) is 0 Å². The average Bonchev–Trinajstić information content (AvgIpc) is 2.74. The van der Waals surface area contributed by atoms with Crippen LogP contribution in [0.2, 0.25) is 0 Å². The number of thioether (sulfide) groups is 1. The standard InChI is InChI=1S/C22H22N4O2S/c1-4-14(2)26-21(28)18-7-5-6-8-19(18)25-22(26)29-15(3)20(27)24-17-11-9-16(13-23)10-12-17/h5-12,14-15H,4H2,1-3H3,(H,24,27)/t14-,15-/m0/s1. The average molecular weight is 407 g/mol. The van der Waals surface area contributed by atoms with Gasteiger partial charge in [-0.2, -0.15) is 5.26 Å². The molecule has 0 aliphatic rings. The minimum atomic E-state index is -0.464. The van der Waals surface area contributed by atoms with Gasteiger partial charge in [-0.15, -0.1) is 0 Å². The van der Waals surface area contributed by atoms with Gasteiger partial charge in [-0.3, -0.25) is 14.2 Å². The molecule has 1 aromatic heterocycles. The van der Waals surface area contributed by atoms with Crippen molar-refractivity contribution in [1.82, 2.24) is 9.55 Å². The lowest BCUT2D eigenvalue weighted by Gasteiger charge is -2.20. The number of rotatable bonds is 6. The number of nitrogens with one attached hydrogen (secondary N) is 1. The first-order valence-corrected chi connectivity index (χ1v) is 10.3. The zero-order valence-corrected chi connectivity index (χ0v) is 17.4. The van der Waals surface area contributed by atoms with E-state index in [4.69, 9.17) is 5.26 Å². The van der Waals surface area contributed by atoms with Gasteiger partial charge in [0, 0.05) is 11.7 Å².